The average molecular weight is 403 g/mol. The monoisotopic (exact) mass is 402 g/mol. The number of hydrogen-bond donors (Lipinski definition) is 3. The van der Waals surface area contributed by atoms with Gasteiger partial charge in [-0.25, -0.2) is 14.3 Å². The number of hydrazine groups is 1. The molecule has 150 valence electrons. The van der Waals surface area contributed by atoms with E-state index in [4.69, 9.17) is 5.84 Å². The molecule has 0 spiro atoms. The van der Waals surface area contributed by atoms with Gasteiger partial charge in [0, 0.05) is 17.3 Å². The first-order chi connectivity index (χ1) is 13.5. The fourth-order valence-electron chi connectivity index (χ4n) is 3.53. The lowest BCUT2D eigenvalue weighted by molar-refractivity contribution is 0.0953. The van der Waals surface area contributed by atoms with Gasteiger partial charge in [-0.1, -0.05) is 30.3 Å². The van der Waals surface area contributed by atoms with E-state index in [0.29, 0.717) is 17.7 Å². The minimum atomic E-state index is -3.49. The van der Waals surface area contributed by atoms with Gasteiger partial charge < -0.3 is 0 Å². The minimum absolute atomic E-state index is 0.0208. The van der Waals surface area contributed by atoms with Crippen molar-refractivity contribution in [1.29, 1.82) is 0 Å². The number of anilines is 1. The molecule has 1 aliphatic heterocycles. The summed E-state index contributed by atoms with van der Waals surface area (Å²) < 4.78 is 28.1. The van der Waals surface area contributed by atoms with Crippen molar-refractivity contribution in [2.75, 3.05) is 23.6 Å². The van der Waals surface area contributed by atoms with Gasteiger partial charge in [-0.05, 0) is 62.2 Å². The Morgan fingerprint density at radius 1 is 1.04 bits per heavy atom. The van der Waals surface area contributed by atoms with Gasteiger partial charge in [-0.15, -0.1) is 0 Å². The summed E-state index contributed by atoms with van der Waals surface area (Å²) in [6.07, 6.45) is 2.76. The third kappa shape index (κ3) is 5.54. The van der Waals surface area contributed by atoms with Crippen LogP contribution < -0.4 is 16.0 Å². The molecular weight excluding hydrogens is 376 g/mol. The van der Waals surface area contributed by atoms with Gasteiger partial charge in [0.1, 0.15) is 0 Å². The smallest absolute Gasteiger partial charge is 0.265 e. The predicted octanol–water partition coefficient (Wildman–Crippen LogP) is 1.74. The van der Waals surface area contributed by atoms with E-state index in [1.54, 1.807) is 36.4 Å². The fraction of sp³-hybridized carbons (Fsp3) is 0.350. The van der Waals surface area contributed by atoms with Crippen LogP contribution in [0.2, 0.25) is 0 Å². The zero-order valence-corrected chi connectivity index (χ0v) is 16.5. The number of hydrogen-bond acceptors (Lipinski definition) is 5. The maximum Gasteiger partial charge on any atom is 0.265 e. The van der Waals surface area contributed by atoms with Gasteiger partial charge in [0.05, 0.1) is 5.75 Å². The molecule has 0 aromatic heterocycles. The van der Waals surface area contributed by atoms with Crippen LogP contribution in [0.5, 0.6) is 0 Å². The SMILES string of the molecule is NNC(=O)c1ccc(CC(CS(=O)(=O)Nc2ccccc2)N2CCCC2)cc1. The summed E-state index contributed by atoms with van der Waals surface area (Å²) in [5.41, 5.74) is 4.14. The third-order valence-corrected chi connectivity index (χ3v) is 6.30. The first-order valence-electron chi connectivity index (χ1n) is 9.36. The van der Waals surface area contributed by atoms with E-state index in [1.807, 2.05) is 18.2 Å². The summed E-state index contributed by atoms with van der Waals surface area (Å²) in [4.78, 5) is 13.8. The number of nitrogens with two attached hydrogens (primary N) is 1. The zero-order chi connectivity index (χ0) is 20.0. The largest absolute Gasteiger partial charge is 0.299 e. The Hall–Kier alpha value is -2.42. The van der Waals surface area contributed by atoms with Crippen LogP contribution in [-0.2, 0) is 16.4 Å². The number of carbonyl (C=O) groups is 1. The number of likely N-dealkylation sites (tertiary alicyclic amines) is 1. The minimum Gasteiger partial charge on any atom is -0.299 e. The number of sulfonamides is 1. The van der Waals surface area contributed by atoms with E-state index in [1.165, 1.54) is 0 Å². The van der Waals surface area contributed by atoms with Crippen LogP contribution in [0, 0.1) is 0 Å². The van der Waals surface area contributed by atoms with Crippen molar-refractivity contribution in [3.05, 3.63) is 65.7 Å². The Morgan fingerprint density at radius 2 is 1.68 bits per heavy atom. The number of rotatable bonds is 8. The maximum absolute atomic E-state index is 12.7. The van der Waals surface area contributed by atoms with Crippen LogP contribution in [0.15, 0.2) is 54.6 Å². The Labute approximate surface area is 165 Å². The van der Waals surface area contributed by atoms with Crippen molar-refractivity contribution in [3.8, 4) is 0 Å². The van der Waals surface area contributed by atoms with Gasteiger partial charge in [0.15, 0.2) is 0 Å². The molecule has 1 aliphatic rings. The molecule has 2 aromatic carbocycles. The van der Waals surface area contributed by atoms with Crippen molar-refractivity contribution in [1.82, 2.24) is 10.3 Å². The van der Waals surface area contributed by atoms with Crippen LogP contribution in [-0.4, -0.2) is 44.1 Å². The number of para-hydroxylation sites is 1. The summed E-state index contributed by atoms with van der Waals surface area (Å²) in [7, 11) is -3.49. The summed E-state index contributed by atoms with van der Waals surface area (Å²) in [6, 6.07) is 15.9. The highest BCUT2D eigenvalue weighted by molar-refractivity contribution is 7.92. The van der Waals surface area contributed by atoms with E-state index in [-0.39, 0.29) is 17.7 Å². The van der Waals surface area contributed by atoms with Gasteiger partial charge in [-0.3, -0.25) is 19.8 Å². The number of benzene rings is 2. The molecule has 0 saturated carbocycles. The molecule has 1 heterocycles. The second kappa shape index (κ2) is 9.18. The normalized spacial score (nSPS) is 15.9. The second-order valence-electron chi connectivity index (χ2n) is 7.02. The Kier molecular flexibility index (Phi) is 6.66. The molecular formula is C20H26N4O3S. The van der Waals surface area contributed by atoms with E-state index < -0.39 is 10.0 Å². The molecule has 3 rings (SSSR count). The number of nitrogen functional groups attached to an aromatic ring is 1. The van der Waals surface area contributed by atoms with Crippen LogP contribution in [0.4, 0.5) is 5.69 Å². The second-order valence-corrected chi connectivity index (χ2v) is 8.79. The molecule has 4 N–H and O–H groups in total. The summed E-state index contributed by atoms with van der Waals surface area (Å²) in [6.45, 7) is 1.80. The van der Waals surface area contributed by atoms with Gasteiger partial charge in [0.2, 0.25) is 10.0 Å². The van der Waals surface area contributed by atoms with Crippen molar-refractivity contribution < 1.29 is 13.2 Å². The molecule has 1 atom stereocenters. The van der Waals surface area contributed by atoms with E-state index in [0.717, 1.165) is 31.5 Å². The van der Waals surface area contributed by atoms with Gasteiger partial charge in [-0.2, -0.15) is 0 Å². The molecule has 1 saturated heterocycles. The lowest BCUT2D eigenvalue weighted by Gasteiger charge is -2.27. The molecule has 0 aliphatic carbocycles. The highest BCUT2D eigenvalue weighted by atomic mass is 32.2. The van der Waals surface area contributed by atoms with E-state index >= 15 is 0 Å². The van der Waals surface area contributed by atoms with Crippen molar-refractivity contribution in [2.45, 2.75) is 25.3 Å². The fourth-order valence-corrected chi connectivity index (χ4v) is 4.94. The molecule has 8 heteroatoms. The first-order valence-corrected chi connectivity index (χ1v) is 11.0. The third-order valence-electron chi connectivity index (χ3n) is 4.93. The Bertz CT molecular complexity index is 879. The standard InChI is InChI=1S/C20H26N4O3S/c21-22-20(25)17-10-8-16(9-11-17)14-19(24-12-4-5-13-24)15-28(26,27)23-18-6-2-1-3-7-18/h1-3,6-11,19,23H,4-5,12-15,21H2,(H,22,25). The number of carbonyl (C=O) groups excluding carboxylic acids is 1. The van der Waals surface area contributed by atoms with Gasteiger partial charge in [0.25, 0.3) is 5.91 Å². The topological polar surface area (TPSA) is 105 Å². The van der Waals surface area contributed by atoms with E-state index in [2.05, 4.69) is 15.0 Å². The van der Waals surface area contributed by atoms with Crippen molar-refractivity contribution >= 4 is 21.6 Å². The molecule has 2 aromatic rings. The molecule has 0 radical (unpaired) electrons. The van der Waals surface area contributed by atoms with E-state index in [9.17, 15) is 13.2 Å². The summed E-state index contributed by atoms with van der Waals surface area (Å²) >= 11 is 0. The zero-order valence-electron chi connectivity index (χ0n) is 15.7. The van der Waals surface area contributed by atoms with Crippen molar-refractivity contribution in [3.63, 3.8) is 0 Å². The number of nitrogens with zero attached hydrogens (tertiary/aromatic N) is 1. The molecule has 0 bridgehead atoms. The summed E-state index contributed by atoms with van der Waals surface area (Å²) in [5.74, 6) is 4.83. The number of nitrogens with one attached hydrogen (secondary N) is 2. The van der Waals surface area contributed by atoms with Gasteiger partial charge >= 0.3 is 0 Å². The average Bonchev–Trinajstić information content (AvgIpc) is 3.22. The Morgan fingerprint density at radius 3 is 2.29 bits per heavy atom. The number of amides is 1. The quantitative estimate of drug-likeness (QED) is 0.354. The first kappa shape index (κ1) is 20.3. The lowest BCUT2D eigenvalue weighted by atomic mass is 10.0. The van der Waals surface area contributed by atoms with Crippen molar-refractivity contribution in [2.24, 2.45) is 5.84 Å². The molecule has 28 heavy (non-hydrogen) atoms. The molecule has 1 amide bonds. The maximum atomic E-state index is 12.7. The van der Waals surface area contributed by atoms with Crippen LogP contribution in [0.1, 0.15) is 28.8 Å². The molecule has 7 nitrogen and oxygen atoms in total. The lowest BCUT2D eigenvalue weighted by Crippen LogP contribution is -2.41. The predicted molar refractivity (Wildman–Crippen MR) is 110 cm³/mol. The molecule has 1 unspecified atom stereocenters. The highest BCUT2D eigenvalue weighted by Crippen LogP contribution is 2.19. The Balaban J connectivity index is 1.73. The summed E-state index contributed by atoms with van der Waals surface area (Å²) in [5, 5.41) is 0. The highest BCUT2D eigenvalue weighted by Gasteiger charge is 2.27. The molecule has 1 fully saturated rings. The van der Waals surface area contributed by atoms with Crippen LogP contribution in [0.25, 0.3) is 0 Å². The van der Waals surface area contributed by atoms with Crippen LogP contribution in [0.3, 0.4) is 0 Å². The van der Waals surface area contributed by atoms with Crippen LogP contribution >= 0.6 is 0 Å².